The van der Waals surface area contributed by atoms with Gasteiger partial charge in [0, 0.05) is 17.5 Å². The van der Waals surface area contributed by atoms with E-state index in [0.717, 1.165) is 28.2 Å². The Morgan fingerprint density at radius 2 is 1.60 bits per heavy atom. The molecule has 0 aliphatic heterocycles. The van der Waals surface area contributed by atoms with Crippen LogP contribution in [0.2, 0.25) is 0 Å². The molecule has 2 rings (SSSR count). The number of allylic oxidation sites excluding steroid dienone is 1. The van der Waals surface area contributed by atoms with Crippen molar-refractivity contribution in [1.82, 2.24) is 0 Å². The zero-order chi connectivity index (χ0) is 22.5. The van der Waals surface area contributed by atoms with Crippen LogP contribution in [0.25, 0.3) is 5.57 Å². The molecule has 0 radical (unpaired) electrons. The Morgan fingerprint density at radius 3 is 2.13 bits per heavy atom. The summed E-state index contributed by atoms with van der Waals surface area (Å²) >= 11 is 0. The van der Waals surface area contributed by atoms with E-state index >= 15 is 0 Å². The second-order valence-electron chi connectivity index (χ2n) is 9.07. The van der Waals surface area contributed by atoms with Crippen LogP contribution in [0.3, 0.4) is 0 Å². The Hall–Kier alpha value is -2.88. The third-order valence-corrected chi connectivity index (χ3v) is 4.82. The predicted molar refractivity (Wildman–Crippen MR) is 125 cm³/mol. The van der Waals surface area contributed by atoms with E-state index in [9.17, 15) is 4.79 Å². The minimum atomic E-state index is -0.928. The minimum absolute atomic E-state index is 0.0341. The molecule has 0 aliphatic rings. The van der Waals surface area contributed by atoms with E-state index in [-0.39, 0.29) is 11.0 Å². The van der Waals surface area contributed by atoms with Gasteiger partial charge in [-0.1, -0.05) is 52.8 Å². The molecule has 1 N–H and O–H groups in total. The van der Waals surface area contributed by atoms with E-state index in [1.54, 1.807) is 24.3 Å². The Labute approximate surface area is 180 Å². The first-order chi connectivity index (χ1) is 14.0. The lowest BCUT2D eigenvalue weighted by Crippen LogP contribution is -2.15. The van der Waals surface area contributed by atoms with E-state index < -0.39 is 5.97 Å². The van der Waals surface area contributed by atoms with Gasteiger partial charge in [0.25, 0.3) is 0 Å². The Balaban J connectivity index is 2.30. The van der Waals surface area contributed by atoms with Crippen molar-refractivity contribution in [3.05, 3.63) is 70.9 Å². The molecule has 0 saturated heterocycles. The van der Waals surface area contributed by atoms with E-state index in [1.807, 2.05) is 20.0 Å². The van der Waals surface area contributed by atoms with Crippen LogP contribution in [-0.2, 0) is 5.41 Å². The first-order valence-electron chi connectivity index (χ1n) is 10.3. The number of benzene rings is 2. The fourth-order valence-corrected chi connectivity index (χ4v) is 2.94. The predicted octanol–water partition coefficient (Wildman–Crippen LogP) is 6.59. The Kier molecular flexibility index (Phi) is 7.60. The van der Waals surface area contributed by atoms with Gasteiger partial charge in [-0.2, -0.15) is 0 Å². The van der Waals surface area contributed by atoms with Gasteiger partial charge >= 0.3 is 5.97 Å². The summed E-state index contributed by atoms with van der Waals surface area (Å²) in [5.41, 5.74) is 5.31. The molecule has 160 valence electrons. The highest BCUT2D eigenvalue weighted by Gasteiger charge is 2.20. The topological polar surface area (TPSA) is 58.9 Å². The molecule has 0 spiro atoms. The van der Waals surface area contributed by atoms with Crippen molar-refractivity contribution in [1.29, 1.82) is 0 Å². The summed E-state index contributed by atoms with van der Waals surface area (Å²) in [7, 11) is 0. The SMILES string of the molecule is CC(=N/C=C(\C)c1ccc(OCC(C)C)c(C(C)(C)C)c1)c1ccc(C(=O)O)cc1. The van der Waals surface area contributed by atoms with Crippen molar-refractivity contribution in [3.63, 3.8) is 0 Å². The summed E-state index contributed by atoms with van der Waals surface area (Å²) in [5, 5.41) is 9.03. The van der Waals surface area contributed by atoms with Crippen LogP contribution in [0.15, 0.2) is 53.7 Å². The average molecular weight is 408 g/mol. The fourth-order valence-electron chi connectivity index (χ4n) is 2.94. The molecule has 0 bridgehead atoms. The first kappa shape index (κ1) is 23.4. The smallest absolute Gasteiger partial charge is 0.335 e. The maximum absolute atomic E-state index is 11.0. The Bertz CT molecular complexity index is 945. The van der Waals surface area contributed by atoms with Gasteiger partial charge in [-0.05, 0) is 66.1 Å². The molecule has 2 aromatic carbocycles. The fraction of sp³-hybridized carbons (Fsp3) is 0.385. The summed E-state index contributed by atoms with van der Waals surface area (Å²) in [4.78, 5) is 15.6. The van der Waals surface area contributed by atoms with Gasteiger partial charge in [0.1, 0.15) is 5.75 Å². The average Bonchev–Trinajstić information content (AvgIpc) is 2.69. The molecule has 30 heavy (non-hydrogen) atoms. The van der Waals surface area contributed by atoms with Crippen molar-refractivity contribution in [2.45, 2.75) is 53.9 Å². The van der Waals surface area contributed by atoms with Crippen molar-refractivity contribution in [3.8, 4) is 5.75 Å². The molecule has 4 nitrogen and oxygen atoms in total. The maximum atomic E-state index is 11.0. The number of hydrogen-bond donors (Lipinski definition) is 1. The summed E-state index contributed by atoms with van der Waals surface area (Å²) in [6, 6.07) is 13.1. The normalized spacial score (nSPS) is 12.9. The molecular formula is C26H33NO3. The number of aromatic carboxylic acids is 1. The molecular weight excluding hydrogens is 374 g/mol. The number of nitrogens with zero attached hydrogens (tertiary/aromatic N) is 1. The third-order valence-electron chi connectivity index (χ3n) is 4.82. The van der Waals surface area contributed by atoms with Crippen LogP contribution in [0.1, 0.15) is 75.5 Å². The molecule has 0 atom stereocenters. The zero-order valence-corrected chi connectivity index (χ0v) is 19.1. The van der Waals surface area contributed by atoms with Crippen molar-refractivity contribution in [2.75, 3.05) is 6.61 Å². The van der Waals surface area contributed by atoms with Crippen LogP contribution in [-0.4, -0.2) is 23.4 Å². The molecule has 0 unspecified atom stereocenters. The highest BCUT2D eigenvalue weighted by molar-refractivity contribution is 6.00. The number of carbonyl (C=O) groups is 1. The van der Waals surface area contributed by atoms with E-state index in [1.165, 1.54) is 5.56 Å². The quantitative estimate of drug-likeness (QED) is 0.527. The summed E-state index contributed by atoms with van der Waals surface area (Å²) < 4.78 is 6.05. The molecule has 0 amide bonds. The molecule has 0 fully saturated rings. The van der Waals surface area contributed by atoms with Crippen molar-refractivity contribution < 1.29 is 14.6 Å². The van der Waals surface area contributed by atoms with Gasteiger partial charge < -0.3 is 9.84 Å². The highest BCUT2D eigenvalue weighted by atomic mass is 16.5. The molecule has 0 aromatic heterocycles. The highest BCUT2D eigenvalue weighted by Crippen LogP contribution is 2.34. The summed E-state index contributed by atoms with van der Waals surface area (Å²) in [5.74, 6) is 0.481. The van der Waals surface area contributed by atoms with Crippen molar-refractivity contribution in [2.24, 2.45) is 10.9 Å². The summed E-state index contributed by atoms with van der Waals surface area (Å²) in [6.07, 6.45) is 1.86. The van der Waals surface area contributed by atoms with Gasteiger partial charge in [0.2, 0.25) is 0 Å². The Morgan fingerprint density at radius 1 is 1.03 bits per heavy atom. The lowest BCUT2D eigenvalue weighted by atomic mass is 9.84. The first-order valence-corrected chi connectivity index (χ1v) is 10.3. The standard InChI is InChI=1S/C26H33NO3/c1-17(2)16-30-24-13-12-22(14-23(24)26(5,6)7)18(3)15-27-19(4)20-8-10-21(11-9-20)25(28)29/h8-15,17H,16H2,1-7H3,(H,28,29)/b18-15+,27-19?. The number of hydrogen-bond acceptors (Lipinski definition) is 3. The number of carboxylic acids is 1. The zero-order valence-electron chi connectivity index (χ0n) is 19.1. The second-order valence-corrected chi connectivity index (χ2v) is 9.07. The molecule has 0 heterocycles. The monoisotopic (exact) mass is 407 g/mol. The number of rotatable bonds is 7. The van der Waals surface area contributed by atoms with Crippen LogP contribution in [0, 0.1) is 5.92 Å². The second kappa shape index (κ2) is 9.75. The van der Waals surface area contributed by atoms with Gasteiger partial charge in [-0.15, -0.1) is 0 Å². The molecule has 4 heteroatoms. The van der Waals surface area contributed by atoms with Gasteiger partial charge in [-0.25, -0.2) is 4.79 Å². The van der Waals surface area contributed by atoms with Gasteiger partial charge in [0.05, 0.1) is 12.2 Å². The minimum Gasteiger partial charge on any atom is -0.493 e. The van der Waals surface area contributed by atoms with Crippen molar-refractivity contribution >= 4 is 17.3 Å². The third kappa shape index (κ3) is 6.31. The van der Waals surface area contributed by atoms with E-state index in [2.05, 4.69) is 57.8 Å². The lowest BCUT2D eigenvalue weighted by molar-refractivity contribution is 0.0697. The van der Waals surface area contributed by atoms with Crippen LogP contribution in [0.5, 0.6) is 5.75 Å². The maximum Gasteiger partial charge on any atom is 0.335 e. The molecule has 2 aromatic rings. The van der Waals surface area contributed by atoms with Crippen LogP contribution < -0.4 is 4.74 Å². The molecule has 0 aliphatic carbocycles. The molecule has 0 saturated carbocycles. The summed E-state index contributed by atoms with van der Waals surface area (Å²) in [6.45, 7) is 15.5. The van der Waals surface area contributed by atoms with E-state index in [0.29, 0.717) is 12.5 Å². The number of aliphatic imine (C=N–C) groups is 1. The van der Waals surface area contributed by atoms with E-state index in [4.69, 9.17) is 9.84 Å². The van der Waals surface area contributed by atoms with Gasteiger partial charge in [0.15, 0.2) is 0 Å². The number of ether oxygens (including phenoxy) is 1. The van der Waals surface area contributed by atoms with Crippen LogP contribution in [0.4, 0.5) is 0 Å². The largest absolute Gasteiger partial charge is 0.493 e. The number of carboxylic acid groups (broad SMARTS) is 1. The van der Waals surface area contributed by atoms with Crippen LogP contribution >= 0.6 is 0 Å². The lowest BCUT2D eigenvalue weighted by Gasteiger charge is -2.24. The van der Waals surface area contributed by atoms with Gasteiger partial charge in [-0.3, -0.25) is 4.99 Å².